The standard InChI is InChI=1S/C15H16FNO2S/c1-10-3-4-11(2)15(7-10)20(18,19)9-12-5-6-14(17)13(16)8-12/h3-8H,9,17H2,1-2H3. The van der Waals surface area contributed by atoms with Crippen molar-refractivity contribution < 1.29 is 12.8 Å². The second kappa shape index (κ2) is 5.25. The highest BCUT2D eigenvalue weighted by Gasteiger charge is 2.18. The van der Waals surface area contributed by atoms with E-state index < -0.39 is 15.7 Å². The number of benzene rings is 2. The predicted molar refractivity (Wildman–Crippen MR) is 77.6 cm³/mol. The van der Waals surface area contributed by atoms with Gasteiger partial charge in [-0.25, -0.2) is 12.8 Å². The second-order valence-electron chi connectivity index (χ2n) is 4.88. The molecular weight excluding hydrogens is 277 g/mol. The van der Waals surface area contributed by atoms with Crippen LogP contribution in [0.15, 0.2) is 41.3 Å². The lowest BCUT2D eigenvalue weighted by molar-refractivity contribution is 0.594. The van der Waals surface area contributed by atoms with E-state index in [1.54, 1.807) is 19.1 Å². The van der Waals surface area contributed by atoms with Crippen LogP contribution in [-0.2, 0) is 15.6 Å². The SMILES string of the molecule is Cc1ccc(C)c(S(=O)(=O)Cc2ccc(N)c(F)c2)c1. The van der Waals surface area contributed by atoms with E-state index in [1.165, 1.54) is 12.1 Å². The van der Waals surface area contributed by atoms with Gasteiger partial charge in [-0.3, -0.25) is 0 Å². The van der Waals surface area contributed by atoms with Crippen molar-refractivity contribution in [2.75, 3.05) is 5.73 Å². The number of halogens is 1. The van der Waals surface area contributed by atoms with E-state index in [2.05, 4.69) is 0 Å². The Morgan fingerprint density at radius 3 is 2.45 bits per heavy atom. The van der Waals surface area contributed by atoms with Gasteiger partial charge < -0.3 is 5.73 Å². The van der Waals surface area contributed by atoms with Crippen molar-refractivity contribution in [1.29, 1.82) is 0 Å². The third-order valence-corrected chi connectivity index (χ3v) is 4.92. The van der Waals surface area contributed by atoms with Gasteiger partial charge >= 0.3 is 0 Å². The smallest absolute Gasteiger partial charge is 0.182 e. The lowest BCUT2D eigenvalue weighted by Crippen LogP contribution is -2.07. The molecule has 0 unspecified atom stereocenters. The first-order valence-electron chi connectivity index (χ1n) is 6.13. The Morgan fingerprint density at radius 1 is 1.10 bits per heavy atom. The predicted octanol–water partition coefficient (Wildman–Crippen LogP) is 3.00. The van der Waals surface area contributed by atoms with Crippen LogP contribution < -0.4 is 5.73 Å². The molecule has 0 fully saturated rings. The summed E-state index contributed by atoms with van der Waals surface area (Å²) >= 11 is 0. The fourth-order valence-electron chi connectivity index (χ4n) is 2.00. The molecule has 2 aromatic carbocycles. The molecular formula is C15H16FNO2S. The van der Waals surface area contributed by atoms with Crippen LogP contribution in [0.4, 0.5) is 10.1 Å². The Kier molecular flexibility index (Phi) is 3.81. The molecule has 0 bridgehead atoms. The van der Waals surface area contributed by atoms with Crippen molar-refractivity contribution in [2.24, 2.45) is 0 Å². The quantitative estimate of drug-likeness (QED) is 0.885. The normalized spacial score (nSPS) is 11.6. The van der Waals surface area contributed by atoms with Crippen LogP contribution in [0.1, 0.15) is 16.7 Å². The zero-order valence-electron chi connectivity index (χ0n) is 11.4. The third kappa shape index (κ3) is 2.99. The molecule has 0 saturated heterocycles. The van der Waals surface area contributed by atoms with Crippen molar-refractivity contribution in [3.05, 3.63) is 58.9 Å². The number of hydrogen-bond acceptors (Lipinski definition) is 3. The summed E-state index contributed by atoms with van der Waals surface area (Å²) in [6.45, 7) is 3.58. The van der Waals surface area contributed by atoms with E-state index in [9.17, 15) is 12.8 Å². The van der Waals surface area contributed by atoms with E-state index >= 15 is 0 Å². The van der Waals surface area contributed by atoms with Gasteiger partial charge in [-0.15, -0.1) is 0 Å². The molecule has 0 heterocycles. The monoisotopic (exact) mass is 293 g/mol. The van der Waals surface area contributed by atoms with Crippen molar-refractivity contribution in [2.45, 2.75) is 24.5 Å². The molecule has 0 aliphatic carbocycles. The molecule has 2 aromatic rings. The molecule has 0 atom stereocenters. The molecule has 0 aromatic heterocycles. The molecule has 3 nitrogen and oxygen atoms in total. The molecule has 2 N–H and O–H groups in total. The number of hydrogen-bond donors (Lipinski definition) is 1. The highest BCUT2D eigenvalue weighted by molar-refractivity contribution is 7.90. The third-order valence-electron chi connectivity index (χ3n) is 3.10. The minimum Gasteiger partial charge on any atom is -0.396 e. The fourth-order valence-corrected chi connectivity index (χ4v) is 3.70. The van der Waals surface area contributed by atoms with Crippen molar-refractivity contribution in [3.8, 4) is 0 Å². The number of nitrogen functional groups attached to an aromatic ring is 1. The Bertz CT molecular complexity index is 754. The number of aryl methyl sites for hydroxylation is 2. The first-order chi connectivity index (χ1) is 9.29. The molecule has 2 rings (SSSR count). The molecule has 0 saturated carbocycles. The zero-order chi connectivity index (χ0) is 14.9. The Hall–Kier alpha value is -1.88. The molecule has 0 aliphatic rings. The second-order valence-corrected chi connectivity index (χ2v) is 6.84. The summed E-state index contributed by atoms with van der Waals surface area (Å²) in [5, 5.41) is 0. The van der Waals surface area contributed by atoms with Crippen LogP contribution in [0.25, 0.3) is 0 Å². The number of rotatable bonds is 3. The van der Waals surface area contributed by atoms with Crippen LogP contribution in [0.3, 0.4) is 0 Å². The first kappa shape index (κ1) is 14.5. The minimum atomic E-state index is -3.50. The largest absolute Gasteiger partial charge is 0.396 e. The van der Waals surface area contributed by atoms with Crippen LogP contribution in [0.5, 0.6) is 0 Å². The Labute approximate surface area is 118 Å². The lowest BCUT2D eigenvalue weighted by atomic mass is 10.2. The number of nitrogens with two attached hydrogens (primary N) is 1. The summed E-state index contributed by atoms with van der Waals surface area (Å²) in [4.78, 5) is 0.287. The minimum absolute atomic E-state index is 0.0119. The van der Waals surface area contributed by atoms with E-state index in [4.69, 9.17) is 5.73 Å². The summed E-state index contributed by atoms with van der Waals surface area (Å²) in [6.07, 6.45) is 0. The van der Waals surface area contributed by atoms with Gasteiger partial charge in [0.15, 0.2) is 9.84 Å². The average molecular weight is 293 g/mol. The Morgan fingerprint density at radius 2 is 1.80 bits per heavy atom. The van der Waals surface area contributed by atoms with Crippen LogP contribution >= 0.6 is 0 Å². The van der Waals surface area contributed by atoms with Crippen molar-refractivity contribution in [3.63, 3.8) is 0 Å². The van der Waals surface area contributed by atoms with Gasteiger partial charge in [-0.1, -0.05) is 18.2 Å². The van der Waals surface area contributed by atoms with E-state index in [-0.39, 0.29) is 16.3 Å². The summed E-state index contributed by atoms with van der Waals surface area (Å²) in [6, 6.07) is 9.34. The van der Waals surface area contributed by atoms with E-state index in [0.29, 0.717) is 11.1 Å². The zero-order valence-corrected chi connectivity index (χ0v) is 12.2. The molecule has 0 spiro atoms. The summed E-state index contributed by atoms with van der Waals surface area (Å²) in [7, 11) is -3.50. The molecule has 106 valence electrons. The molecule has 0 radical (unpaired) electrons. The first-order valence-corrected chi connectivity index (χ1v) is 7.79. The topological polar surface area (TPSA) is 60.2 Å². The summed E-state index contributed by atoms with van der Waals surface area (Å²) in [5.74, 6) is -0.840. The van der Waals surface area contributed by atoms with Crippen molar-refractivity contribution in [1.82, 2.24) is 0 Å². The average Bonchev–Trinajstić information content (AvgIpc) is 2.36. The molecule has 0 aliphatic heterocycles. The van der Waals surface area contributed by atoms with Gasteiger partial charge in [-0.2, -0.15) is 0 Å². The van der Waals surface area contributed by atoms with Gasteiger partial charge in [0.1, 0.15) is 5.82 Å². The van der Waals surface area contributed by atoms with Gasteiger partial charge in [0.25, 0.3) is 0 Å². The van der Waals surface area contributed by atoms with Gasteiger partial charge in [-0.05, 0) is 48.7 Å². The maximum absolute atomic E-state index is 13.4. The van der Waals surface area contributed by atoms with E-state index in [0.717, 1.165) is 11.6 Å². The summed E-state index contributed by atoms with van der Waals surface area (Å²) < 4.78 is 38.2. The molecule has 0 amide bonds. The molecule has 5 heteroatoms. The Balaban J connectivity index is 2.40. The highest BCUT2D eigenvalue weighted by Crippen LogP contribution is 2.22. The maximum atomic E-state index is 13.4. The van der Waals surface area contributed by atoms with E-state index in [1.807, 2.05) is 13.0 Å². The fraction of sp³-hybridized carbons (Fsp3) is 0.200. The molecule has 20 heavy (non-hydrogen) atoms. The number of anilines is 1. The van der Waals surface area contributed by atoms with Crippen LogP contribution in [0, 0.1) is 19.7 Å². The lowest BCUT2D eigenvalue weighted by Gasteiger charge is -2.09. The van der Waals surface area contributed by atoms with Gasteiger partial charge in [0.05, 0.1) is 16.3 Å². The van der Waals surface area contributed by atoms with Crippen LogP contribution in [0.2, 0.25) is 0 Å². The van der Waals surface area contributed by atoms with Gasteiger partial charge in [0, 0.05) is 0 Å². The maximum Gasteiger partial charge on any atom is 0.182 e. The highest BCUT2D eigenvalue weighted by atomic mass is 32.2. The number of sulfone groups is 1. The van der Waals surface area contributed by atoms with Crippen LogP contribution in [-0.4, -0.2) is 8.42 Å². The van der Waals surface area contributed by atoms with Gasteiger partial charge in [0.2, 0.25) is 0 Å². The van der Waals surface area contributed by atoms with Crippen molar-refractivity contribution >= 4 is 15.5 Å². The summed E-state index contributed by atoms with van der Waals surface area (Å²) in [5.41, 5.74) is 7.34.